The third kappa shape index (κ3) is 0.672. The van der Waals surface area contributed by atoms with E-state index in [1.807, 2.05) is 6.33 Å². The van der Waals surface area contributed by atoms with E-state index in [0.29, 0.717) is 0 Å². The summed E-state index contributed by atoms with van der Waals surface area (Å²) in [5.41, 5.74) is 2.92. The van der Waals surface area contributed by atoms with Gasteiger partial charge in [-0.25, -0.2) is 4.98 Å². The Balaban J connectivity index is 2.09. The molecule has 0 bridgehead atoms. The van der Waals surface area contributed by atoms with Gasteiger partial charge in [-0.1, -0.05) is 0 Å². The number of aromatic amines is 1. The largest absolute Gasteiger partial charge is 0.348 e. The van der Waals surface area contributed by atoms with Crippen LogP contribution in [0.5, 0.6) is 0 Å². The van der Waals surface area contributed by atoms with Gasteiger partial charge in [0.05, 0.1) is 17.6 Å². The zero-order valence-electron chi connectivity index (χ0n) is 7.06. The fraction of sp³-hybridized carbons (Fsp3) is 0.667. The van der Waals surface area contributed by atoms with Crippen molar-refractivity contribution in [1.29, 1.82) is 0 Å². The predicted octanol–water partition coefficient (Wildman–Crippen LogP) is 0.935. The van der Waals surface area contributed by atoms with Gasteiger partial charge in [0.2, 0.25) is 0 Å². The van der Waals surface area contributed by atoms with Crippen LogP contribution >= 0.6 is 0 Å². The summed E-state index contributed by atoms with van der Waals surface area (Å²) in [6, 6.07) is 0. The molecule has 64 valence electrons. The van der Waals surface area contributed by atoms with Crippen molar-refractivity contribution in [3.05, 3.63) is 17.7 Å². The molecule has 0 unspecified atom stereocenters. The average Bonchev–Trinajstić information content (AvgIpc) is 2.47. The number of H-pyrrole nitrogens is 1. The van der Waals surface area contributed by atoms with Crippen LogP contribution in [-0.2, 0) is 12.0 Å². The van der Waals surface area contributed by atoms with E-state index in [4.69, 9.17) is 0 Å². The zero-order valence-corrected chi connectivity index (χ0v) is 7.06. The highest BCUT2D eigenvalue weighted by atomic mass is 15.1. The molecule has 12 heavy (non-hydrogen) atoms. The Morgan fingerprint density at radius 3 is 3.08 bits per heavy atom. The van der Waals surface area contributed by atoms with Crippen LogP contribution in [0.1, 0.15) is 30.7 Å². The standard InChI is InChI=1S/C9H13N3/c1-3-9(4-1)8-7(2-5-12-9)10-6-11-8/h6,12H,1-5H2,(H,10,11). The average molecular weight is 163 g/mol. The van der Waals surface area contributed by atoms with Crippen molar-refractivity contribution in [2.24, 2.45) is 0 Å². The fourth-order valence-electron chi connectivity index (χ4n) is 2.38. The number of aromatic nitrogens is 2. The van der Waals surface area contributed by atoms with E-state index in [0.717, 1.165) is 13.0 Å². The molecule has 0 saturated heterocycles. The first-order valence-corrected chi connectivity index (χ1v) is 4.68. The Labute approximate surface area is 71.6 Å². The van der Waals surface area contributed by atoms with E-state index in [-0.39, 0.29) is 5.54 Å². The summed E-state index contributed by atoms with van der Waals surface area (Å²) < 4.78 is 0. The molecule has 0 amide bonds. The minimum Gasteiger partial charge on any atom is -0.348 e. The Morgan fingerprint density at radius 1 is 1.42 bits per heavy atom. The molecule has 3 rings (SSSR count). The molecule has 0 aromatic carbocycles. The highest BCUT2D eigenvalue weighted by Gasteiger charge is 2.43. The third-order valence-electron chi connectivity index (χ3n) is 3.22. The second-order valence-electron chi connectivity index (χ2n) is 3.84. The smallest absolute Gasteiger partial charge is 0.0926 e. The summed E-state index contributed by atoms with van der Waals surface area (Å²) in [6.45, 7) is 1.11. The number of fused-ring (bicyclic) bond motifs is 2. The van der Waals surface area contributed by atoms with E-state index < -0.39 is 0 Å². The van der Waals surface area contributed by atoms with Gasteiger partial charge in [-0.05, 0) is 19.3 Å². The molecule has 3 heteroatoms. The van der Waals surface area contributed by atoms with Crippen LogP contribution < -0.4 is 5.32 Å². The summed E-state index contributed by atoms with van der Waals surface area (Å²) in [5.74, 6) is 0. The normalized spacial score (nSPS) is 25.0. The maximum Gasteiger partial charge on any atom is 0.0926 e. The molecule has 2 aliphatic rings. The van der Waals surface area contributed by atoms with Gasteiger partial charge < -0.3 is 10.3 Å². The number of hydrogen-bond acceptors (Lipinski definition) is 2. The minimum absolute atomic E-state index is 0.271. The molecule has 0 radical (unpaired) electrons. The molecule has 3 nitrogen and oxygen atoms in total. The Morgan fingerprint density at radius 2 is 2.33 bits per heavy atom. The zero-order chi connectivity index (χ0) is 8.02. The van der Waals surface area contributed by atoms with Gasteiger partial charge in [0.25, 0.3) is 0 Å². The molecular weight excluding hydrogens is 150 g/mol. The number of rotatable bonds is 0. The lowest BCUT2D eigenvalue weighted by molar-refractivity contribution is 0.170. The molecule has 2 heterocycles. The molecular formula is C9H13N3. The number of hydrogen-bond donors (Lipinski definition) is 2. The molecule has 1 aliphatic heterocycles. The molecule has 2 N–H and O–H groups in total. The first-order chi connectivity index (χ1) is 5.91. The van der Waals surface area contributed by atoms with Crippen molar-refractivity contribution in [2.75, 3.05) is 6.54 Å². The van der Waals surface area contributed by atoms with Crippen molar-refractivity contribution < 1.29 is 0 Å². The van der Waals surface area contributed by atoms with Crippen LogP contribution in [0.3, 0.4) is 0 Å². The second-order valence-corrected chi connectivity index (χ2v) is 3.84. The Hall–Kier alpha value is -0.830. The number of nitrogens with zero attached hydrogens (tertiary/aromatic N) is 1. The lowest BCUT2D eigenvalue weighted by atomic mass is 9.72. The summed E-state index contributed by atoms with van der Waals surface area (Å²) in [6.07, 6.45) is 6.82. The highest BCUT2D eigenvalue weighted by molar-refractivity contribution is 5.27. The topological polar surface area (TPSA) is 40.7 Å². The molecule has 1 spiro atoms. The number of nitrogens with one attached hydrogen (secondary N) is 2. The lowest BCUT2D eigenvalue weighted by Gasteiger charge is -2.44. The maximum atomic E-state index is 4.41. The van der Waals surface area contributed by atoms with Crippen molar-refractivity contribution in [1.82, 2.24) is 15.3 Å². The van der Waals surface area contributed by atoms with Crippen LogP contribution in [0.25, 0.3) is 0 Å². The van der Waals surface area contributed by atoms with E-state index in [9.17, 15) is 0 Å². The van der Waals surface area contributed by atoms with Crippen molar-refractivity contribution in [2.45, 2.75) is 31.2 Å². The van der Waals surface area contributed by atoms with Crippen molar-refractivity contribution in [3.8, 4) is 0 Å². The molecule has 0 atom stereocenters. The van der Waals surface area contributed by atoms with E-state index in [1.54, 1.807) is 0 Å². The third-order valence-corrected chi connectivity index (χ3v) is 3.22. The van der Waals surface area contributed by atoms with Gasteiger partial charge >= 0.3 is 0 Å². The summed E-state index contributed by atoms with van der Waals surface area (Å²) >= 11 is 0. The summed E-state index contributed by atoms with van der Waals surface area (Å²) in [4.78, 5) is 7.64. The quantitative estimate of drug-likeness (QED) is 0.597. The van der Waals surface area contributed by atoms with Gasteiger partial charge in [-0.15, -0.1) is 0 Å². The summed E-state index contributed by atoms with van der Waals surface area (Å²) in [7, 11) is 0. The first kappa shape index (κ1) is 6.66. The van der Waals surface area contributed by atoms with Crippen LogP contribution in [0, 0.1) is 0 Å². The van der Waals surface area contributed by atoms with Gasteiger partial charge in [0, 0.05) is 18.7 Å². The summed E-state index contributed by atoms with van der Waals surface area (Å²) in [5, 5.41) is 3.59. The van der Waals surface area contributed by atoms with E-state index >= 15 is 0 Å². The van der Waals surface area contributed by atoms with Gasteiger partial charge in [0.1, 0.15) is 0 Å². The van der Waals surface area contributed by atoms with Crippen molar-refractivity contribution >= 4 is 0 Å². The molecule has 1 aliphatic carbocycles. The number of imidazole rings is 1. The van der Waals surface area contributed by atoms with Crippen LogP contribution in [-0.4, -0.2) is 16.5 Å². The Kier molecular flexibility index (Phi) is 1.17. The lowest BCUT2D eigenvalue weighted by Crippen LogP contribution is -2.52. The van der Waals surface area contributed by atoms with Gasteiger partial charge in [0.15, 0.2) is 0 Å². The highest BCUT2D eigenvalue weighted by Crippen LogP contribution is 2.42. The predicted molar refractivity (Wildman–Crippen MR) is 45.8 cm³/mol. The molecule has 1 aromatic heterocycles. The van der Waals surface area contributed by atoms with Gasteiger partial charge in [-0.3, -0.25) is 0 Å². The van der Waals surface area contributed by atoms with Crippen LogP contribution in [0.2, 0.25) is 0 Å². The van der Waals surface area contributed by atoms with Crippen LogP contribution in [0.4, 0.5) is 0 Å². The van der Waals surface area contributed by atoms with E-state index in [2.05, 4.69) is 15.3 Å². The first-order valence-electron chi connectivity index (χ1n) is 4.68. The molecule has 1 fully saturated rings. The minimum atomic E-state index is 0.271. The maximum absolute atomic E-state index is 4.41. The molecule has 1 aromatic rings. The second kappa shape index (κ2) is 2.10. The van der Waals surface area contributed by atoms with Crippen LogP contribution in [0.15, 0.2) is 6.33 Å². The molecule has 1 saturated carbocycles. The van der Waals surface area contributed by atoms with Gasteiger partial charge in [-0.2, -0.15) is 0 Å². The Bertz CT molecular complexity index is 298. The van der Waals surface area contributed by atoms with Crippen molar-refractivity contribution in [3.63, 3.8) is 0 Å². The monoisotopic (exact) mass is 163 g/mol. The van der Waals surface area contributed by atoms with E-state index in [1.165, 1.54) is 30.7 Å². The fourth-order valence-corrected chi connectivity index (χ4v) is 2.38. The SMILES string of the molecule is c1nc2c([nH]1)CCNC21CCC1.